The van der Waals surface area contributed by atoms with Gasteiger partial charge in [0.2, 0.25) is 0 Å². The lowest BCUT2D eigenvalue weighted by Gasteiger charge is -2.31. The van der Waals surface area contributed by atoms with Gasteiger partial charge >= 0.3 is 0 Å². The topological polar surface area (TPSA) is 34.6 Å². The van der Waals surface area contributed by atoms with E-state index in [0.717, 1.165) is 48.7 Å². The fourth-order valence-corrected chi connectivity index (χ4v) is 2.54. The Kier molecular flexibility index (Phi) is 4.97. The molecule has 1 aliphatic heterocycles. The third-order valence-electron chi connectivity index (χ3n) is 3.00. The largest absolute Gasteiger partial charge is 0.497 e. The van der Waals surface area contributed by atoms with Crippen molar-refractivity contribution in [3.05, 3.63) is 23.5 Å². The number of nitrogens with zero attached hydrogens (tertiary/aromatic N) is 2. The summed E-state index contributed by atoms with van der Waals surface area (Å²) >= 11 is 3.47. The molecule has 0 amide bonds. The van der Waals surface area contributed by atoms with Crippen LogP contribution in [0.5, 0.6) is 5.75 Å². The second kappa shape index (κ2) is 6.50. The van der Waals surface area contributed by atoms with Crippen LogP contribution in [0.15, 0.2) is 12.1 Å². The Morgan fingerprint density at radius 3 is 3.11 bits per heavy atom. The number of hydrogen-bond acceptors (Lipinski definition) is 4. The molecule has 0 N–H and O–H groups in total. The van der Waals surface area contributed by atoms with Crippen molar-refractivity contribution in [3.63, 3.8) is 0 Å². The molecule has 1 fully saturated rings. The predicted octanol–water partition coefficient (Wildman–Crippen LogP) is 1.99. The first-order valence-electron chi connectivity index (χ1n) is 6.12. The Bertz CT molecular complexity index is 401. The molecular formula is C13H19BrN2O2. The molecule has 0 spiro atoms. The van der Waals surface area contributed by atoms with E-state index >= 15 is 0 Å². The number of aromatic nitrogens is 1. The van der Waals surface area contributed by atoms with E-state index in [2.05, 4.69) is 25.8 Å². The van der Waals surface area contributed by atoms with Crippen LogP contribution in [0.3, 0.4) is 0 Å². The molecule has 100 valence electrons. The van der Waals surface area contributed by atoms with Crippen LogP contribution in [0.2, 0.25) is 0 Å². The second-order valence-electron chi connectivity index (χ2n) is 4.52. The van der Waals surface area contributed by atoms with Gasteiger partial charge in [-0.25, -0.2) is 0 Å². The van der Waals surface area contributed by atoms with Crippen molar-refractivity contribution in [2.75, 3.05) is 32.1 Å². The average molecular weight is 315 g/mol. The van der Waals surface area contributed by atoms with Crippen molar-refractivity contribution in [1.82, 2.24) is 9.88 Å². The molecule has 1 saturated heterocycles. The minimum atomic E-state index is 0.283. The molecule has 4 nitrogen and oxygen atoms in total. The lowest BCUT2D eigenvalue weighted by molar-refractivity contribution is -0.0185. The highest BCUT2D eigenvalue weighted by molar-refractivity contribution is 9.09. The van der Waals surface area contributed by atoms with Crippen LogP contribution in [0.25, 0.3) is 0 Å². The minimum absolute atomic E-state index is 0.283. The van der Waals surface area contributed by atoms with E-state index in [1.165, 1.54) is 0 Å². The van der Waals surface area contributed by atoms with Crippen molar-refractivity contribution < 1.29 is 9.47 Å². The van der Waals surface area contributed by atoms with Crippen molar-refractivity contribution in [2.45, 2.75) is 19.6 Å². The van der Waals surface area contributed by atoms with Gasteiger partial charge in [-0.2, -0.15) is 0 Å². The number of alkyl halides is 1. The highest BCUT2D eigenvalue weighted by Crippen LogP contribution is 2.16. The van der Waals surface area contributed by atoms with Gasteiger partial charge in [0.05, 0.1) is 25.5 Å². The standard InChI is InChI=1S/C13H19BrN2O2/c1-10-5-12(17-2)6-11(15-10)8-16-3-4-18-13(7-14)9-16/h5-6,13H,3-4,7-9H2,1-2H3. The molecule has 1 unspecified atom stereocenters. The summed E-state index contributed by atoms with van der Waals surface area (Å²) in [6.07, 6.45) is 0.283. The summed E-state index contributed by atoms with van der Waals surface area (Å²) in [6, 6.07) is 3.95. The summed E-state index contributed by atoms with van der Waals surface area (Å²) in [5.74, 6) is 0.878. The van der Waals surface area contributed by atoms with E-state index in [-0.39, 0.29) is 6.10 Å². The highest BCUT2D eigenvalue weighted by atomic mass is 79.9. The third-order valence-corrected chi connectivity index (χ3v) is 3.72. The number of aryl methyl sites for hydroxylation is 1. The van der Waals surface area contributed by atoms with Crippen LogP contribution in [-0.2, 0) is 11.3 Å². The molecule has 5 heteroatoms. The van der Waals surface area contributed by atoms with E-state index in [1.807, 2.05) is 19.1 Å². The van der Waals surface area contributed by atoms with Crippen molar-refractivity contribution in [1.29, 1.82) is 0 Å². The number of ether oxygens (including phenoxy) is 2. The Hall–Kier alpha value is -0.650. The van der Waals surface area contributed by atoms with Gasteiger partial charge in [-0.3, -0.25) is 9.88 Å². The van der Waals surface area contributed by atoms with Gasteiger partial charge in [0, 0.05) is 42.8 Å². The monoisotopic (exact) mass is 314 g/mol. The van der Waals surface area contributed by atoms with Gasteiger partial charge in [-0.15, -0.1) is 0 Å². The summed E-state index contributed by atoms with van der Waals surface area (Å²) < 4.78 is 10.9. The Morgan fingerprint density at radius 2 is 2.39 bits per heavy atom. The maximum absolute atomic E-state index is 5.63. The first-order chi connectivity index (χ1) is 8.71. The molecule has 18 heavy (non-hydrogen) atoms. The molecule has 0 saturated carbocycles. The van der Waals surface area contributed by atoms with E-state index < -0.39 is 0 Å². The molecular weight excluding hydrogens is 296 g/mol. The summed E-state index contributed by atoms with van der Waals surface area (Å²) in [7, 11) is 1.69. The van der Waals surface area contributed by atoms with Crippen molar-refractivity contribution >= 4 is 15.9 Å². The number of morpholine rings is 1. The SMILES string of the molecule is COc1cc(C)nc(CN2CCOC(CBr)C2)c1. The van der Waals surface area contributed by atoms with Gasteiger partial charge in [0.1, 0.15) is 5.75 Å². The molecule has 1 aliphatic rings. The lowest BCUT2D eigenvalue weighted by Crippen LogP contribution is -2.42. The smallest absolute Gasteiger partial charge is 0.122 e. The number of pyridine rings is 1. The fraction of sp³-hybridized carbons (Fsp3) is 0.615. The second-order valence-corrected chi connectivity index (χ2v) is 5.17. The van der Waals surface area contributed by atoms with Gasteiger partial charge in [-0.05, 0) is 6.92 Å². The first kappa shape index (κ1) is 13.8. The minimum Gasteiger partial charge on any atom is -0.497 e. The number of halogens is 1. The maximum Gasteiger partial charge on any atom is 0.122 e. The molecule has 0 aromatic carbocycles. The van der Waals surface area contributed by atoms with Gasteiger partial charge in [0.25, 0.3) is 0 Å². The van der Waals surface area contributed by atoms with Crippen LogP contribution in [0, 0.1) is 6.92 Å². The summed E-state index contributed by atoms with van der Waals surface area (Å²) in [6.45, 7) is 5.54. The van der Waals surface area contributed by atoms with Crippen molar-refractivity contribution in [3.8, 4) is 5.75 Å². The Balaban J connectivity index is 2.02. The predicted molar refractivity (Wildman–Crippen MR) is 74.3 cm³/mol. The van der Waals surface area contributed by atoms with E-state index in [0.29, 0.717) is 0 Å². The van der Waals surface area contributed by atoms with E-state index in [4.69, 9.17) is 9.47 Å². The number of hydrogen-bond donors (Lipinski definition) is 0. The van der Waals surface area contributed by atoms with Crippen molar-refractivity contribution in [2.24, 2.45) is 0 Å². The van der Waals surface area contributed by atoms with E-state index in [1.54, 1.807) is 7.11 Å². The zero-order valence-corrected chi connectivity index (χ0v) is 12.4. The third kappa shape index (κ3) is 3.67. The highest BCUT2D eigenvalue weighted by Gasteiger charge is 2.19. The normalized spacial score (nSPS) is 20.9. The summed E-state index contributed by atoms with van der Waals surface area (Å²) in [4.78, 5) is 6.92. The van der Waals surface area contributed by atoms with Crippen LogP contribution in [0.1, 0.15) is 11.4 Å². The van der Waals surface area contributed by atoms with Crippen LogP contribution < -0.4 is 4.74 Å². The molecule has 1 aromatic heterocycles. The van der Waals surface area contributed by atoms with Crippen LogP contribution >= 0.6 is 15.9 Å². The molecule has 0 radical (unpaired) electrons. The zero-order valence-electron chi connectivity index (χ0n) is 10.9. The Labute approximate surface area is 116 Å². The lowest BCUT2D eigenvalue weighted by atomic mass is 10.2. The quantitative estimate of drug-likeness (QED) is 0.796. The zero-order chi connectivity index (χ0) is 13.0. The van der Waals surface area contributed by atoms with E-state index in [9.17, 15) is 0 Å². The summed E-state index contributed by atoms with van der Waals surface area (Å²) in [5.41, 5.74) is 2.05. The molecule has 0 aliphatic carbocycles. The van der Waals surface area contributed by atoms with Crippen LogP contribution in [0.4, 0.5) is 0 Å². The average Bonchev–Trinajstić information content (AvgIpc) is 2.38. The van der Waals surface area contributed by atoms with Crippen LogP contribution in [-0.4, -0.2) is 48.1 Å². The number of methoxy groups -OCH3 is 1. The summed E-state index contributed by atoms with van der Waals surface area (Å²) in [5, 5.41) is 0.883. The molecule has 1 atom stereocenters. The molecule has 1 aromatic rings. The Morgan fingerprint density at radius 1 is 1.56 bits per heavy atom. The molecule has 2 rings (SSSR count). The molecule has 0 bridgehead atoms. The van der Waals surface area contributed by atoms with Gasteiger partial charge < -0.3 is 9.47 Å². The first-order valence-corrected chi connectivity index (χ1v) is 7.25. The van der Waals surface area contributed by atoms with Gasteiger partial charge in [-0.1, -0.05) is 15.9 Å². The molecule has 2 heterocycles. The fourth-order valence-electron chi connectivity index (χ4n) is 2.15. The number of rotatable bonds is 4. The maximum atomic E-state index is 5.63. The van der Waals surface area contributed by atoms with Gasteiger partial charge in [0.15, 0.2) is 0 Å².